The average Bonchev–Trinajstić information content (AvgIpc) is 3.34. The van der Waals surface area contributed by atoms with Gasteiger partial charge in [-0.05, 0) is 63.4 Å². The summed E-state index contributed by atoms with van der Waals surface area (Å²) in [4.78, 5) is 28.2. The van der Waals surface area contributed by atoms with Crippen LogP contribution in [0, 0.1) is 6.92 Å². The van der Waals surface area contributed by atoms with Crippen LogP contribution in [-0.2, 0) is 11.2 Å². The minimum Gasteiger partial charge on any atom is -0.327 e. The van der Waals surface area contributed by atoms with Crippen molar-refractivity contribution < 1.29 is 9.59 Å². The number of nitrogens with one attached hydrogen (secondary N) is 1. The van der Waals surface area contributed by atoms with E-state index < -0.39 is 0 Å². The second-order valence-corrected chi connectivity index (χ2v) is 9.90. The van der Waals surface area contributed by atoms with Crippen LogP contribution in [0.25, 0.3) is 16.9 Å². The number of hydrogen-bond donors (Lipinski definition) is 1. The summed E-state index contributed by atoms with van der Waals surface area (Å²) in [7, 11) is 0. The third-order valence-electron chi connectivity index (χ3n) is 6.54. The van der Waals surface area contributed by atoms with E-state index in [2.05, 4.69) is 12.2 Å². The van der Waals surface area contributed by atoms with Crippen LogP contribution in [0.2, 0.25) is 0 Å². The molecule has 4 aromatic rings. The van der Waals surface area contributed by atoms with Crippen molar-refractivity contribution in [3.63, 3.8) is 0 Å². The number of rotatable bonds is 10. The van der Waals surface area contributed by atoms with Gasteiger partial charge in [-0.3, -0.25) is 9.59 Å². The lowest BCUT2D eigenvalue weighted by Gasteiger charge is -2.26. The molecule has 0 saturated carbocycles. The first-order valence-electron chi connectivity index (χ1n) is 13.3. The molecule has 0 atom stereocenters. The summed E-state index contributed by atoms with van der Waals surface area (Å²) < 4.78 is 1.73. The van der Waals surface area contributed by atoms with Gasteiger partial charge in [0, 0.05) is 23.2 Å². The van der Waals surface area contributed by atoms with E-state index in [-0.39, 0.29) is 24.4 Å². The van der Waals surface area contributed by atoms with E-state index in [0.717, 1.165) is 41.8 Å². The number of carbonyl (C=O) groups is 2. The summed E-state index contributed by atoms with van der Waals surface area (Å²) in [5.41, 5.74) is 5.49. The molecule has 1 aromatic heterocycles. The number of hydrogen-bond acceptors (Lipinski definition) is 3. The van der Waals surface area contributed by atoms with Crippen molar-refractivity contribution in [2.75, 3.05) is 11.9 Å². The largest absolute Gasteiger partial charge is 0.327 e. The Labute approximate surface area is 225 Å². The second-order valence-electron chi connectivity index (χ2n) is 9.90. The highest BCUT2D eigenvalue weighted by molar-refractivity contribution is 5.99. The standard InChI is InChI=1S/C32H36N4O2/c1-5-6-10-25-15-17-27(18-16-25)32(38)35(23(2)3)22-31(37)33-30-21-29(26-11-8-7-9-12-26)34-36(30)28-19-13-24(4)14-20-28/h7-9,11-21,23H,5-6,10,22H2,1-4H3,(H,33,37). The molecule has 0 saturated heterocycles. The Morgan fingerprint density at radius 2 is 1.63 bits per heavy atom. The Morgan fingerprint density at radius 1 is 0.947 bits per heavy atom. The molecule has 0 aliphatic carbocycles. The monoisotopic (exact) mass is 508 g/mol. The minimum absolute atomic E-state index is 0.0617. The van der Waals surface area contributed by atoms with Crippen molar-refractivity contribution in [3.8, 4) is 16.9 Å². The van der Waals surface area contributed by atoms with E-state index in [4.69, 9.17) is 5.10 Å². The quantitative estimate of drug-likeness (QED) is 0.260. The number of benzene rings is 3. The van der Waals surface area contributed by atoms with Crippen LogP contribution in [-0.4, -0.2) is 39.1 Å². The van der Waals surface area contributed by atoms with Crippen molar-refractivity contribution in [1.82, 2.24) is 14.7 Å². The molecule has 38 heavy (non-hydrogen) atoms. The molecule has 0 aliphatic heterocycles. The van der Waals surface area contributed by atoms with Crippen LogP contribution in [0.15, 0.2) is 84.9 Å². The van der Waals surface area contributed by atoms with E-state index in [1.54, 1.807) is 9.58 Å². The summed E-state index contributed by atoms with van der Waals surface area (Å²) in [6, 6.07) is 27.3. The fraction of sp³-hybridized carbons (Fsp3) is 0.281. The summed E-state index contributed by atoms with van der Waals surface area (Å²) in [6.07, 6.45) is 3.25. The summed E-state index contributed by atoms with van der Waals surface area (Å²) >= 11 is 0. The highest BCUT2D eigenvalue weighted by Gasteiger charge is 2.23. The van der Waals surface area contributed by atoms with Crippen LogP contribution in [0.3, 0.4) is 0 Å². The van der Waals surface area contributed by atoms with Crippen LogP contribution < -0.4 is 5.32 Å². The predicted molar refractivity (Wildman–Crippen MR) is 154 cm³/mol. The van der Waals surface area contributed by atoms with Gasteiger partial charge in [-0.2, -0.15) is 5.10 Å². The molecule has 0 bridgehead atoms. The molecule has 2 amide bonds. The lowest BCUT2D eigenvalue weighted by atomic mass is 10.1. The maximum absolute atomic E-state index is 13.3. The molecule has 0 radical (unpaired) electrons. The van der Waals surface area contributed by atoms with Gasteiger partial charge >= 0.3 is 0 Å². The van der Waals surface area contributed by atoms with E-state index in [1.807, 2.05) is 106 Å². The van der Waals surface area contributed by atoms with Crippen LogP contribution in [0.4, 0.5) is 5.82 Å². The van der Waals surface area contributed by atoms with Gasteiger partial charge in [-0.25, -0.2) is 4.68 Å². The summed E-state index contributed by atoms with van der Waals surface area (Å²) in [5.74, 6) is 0.114. The van der Waals surface area contributed by atoms with Crippen LogP contribution in [0.5, 0.6) is 0 Å². The second kappa shape index (κ2) is 12.4. The lowest BCUT2D eigenvalue weighted by Crippen LogP contribution is -2.42. The van der Waals surface area contributed by atoms with Gasteiger partial charge in [-0.15, -0.1) is 0 Å². The van der Waals surface area contributed by atoms with Crippen LogP contribution >= 0.6 is 0 Å². The zero-order valence-corrected chi connectivity index (χ0v) is 22.6. The molecule has 0 unspecified atom stereocenters. The van der Waals surface area contributed by atoms with E-state index in [9.17, 15) is 9.59 Å². The molecule has 0 spiro atoms. The first-order valence-corrected chi connectivity index (χ1v) is 13.3. The molecule has 196 valence electrons. The molecule has 6 nitrogen and oxygen atoms in total. The molecular formula is C32H36N4O2. The molecular weight excluding hydrogens is 472 g/mol. The SMILES string of the molecule is CCCCc1ccc(C(=O)N(CC(=O)Nc2cc(-c3ccccc3)nn2-c2ccc(C)cc2)C(C)C)cc1. The van der Waals surface area contributed by atoms with E-state index >= 15 is 0 Å². The van der Waals surface area contributed by atoms with Gasteiger partial charge in [0.2, 0.25) is 5.91 Å². The average molecular weight is 509 g/mol. The molecule has 3 aromatic carbocycles. The van der Waals surface area contributed by atoms with Crippen LogP contribution in [0.1, 0.15) is 55.1 Å². The highest BCUT2D eigenvalue weighted by Crippen LogP contribution is 2.25. The number of aromatic nitrogens is 2. The van der Waals surface area contributed by atoms with E-state index in [0.29, 0.717) is 11.4 Å². The topological polar surface area (TPSA) is 67.2 Å². The summed E-state index contributed by atoms with van der Waals surface area (Å²) in [5, 5.41) is 7.79. The molecule has 0 fully saturated rings. The van der Waals surface area contributed by atoms with Gasteiger partial charge in [0.25, 0.3) is 5.91 Å². The number of amides is 2. The Hall–Kier alpha value is -4.19. The van der Waals surface area contributed by atoms with Gasteiger partial charge in [0.1, 0.15) is 12.4 Å². The zero-order valence-electron chi connectivity index (χ0n) is 22.6. The number of carbonyl (C=O) groups excluding carboxylic acids is 2. The minimum atomic E-state index is -0.278. The Balaban J connectivity index is 1.55. The van der Waals surface area contributed by atoms with Gasteiger partial charge < -0.3 is 10.2 Å². The van der Waals surface area contributed by atoms with Crippen molar-refractivity contribution in [3.05, 3.63) is 102 Å². The van der Waals surface area contributed by atoms with Crippen molar-refractivity contribution in [1.29, 1.82) is 0 Å². The fourth-order valence-electron chi connectivity index (χ4n) is 4.29. The molecule has 4 rings (SSSR count). The molecule has 1 N–H and O–H groups in total. The van der Waals surface area contributed by atoms with Gasteiger partial charge in [-0.1, -0.05) is 73.5 Å². The Kier molecular flexibility index (Phi) is 8.74. The zero-order chi connectivity index (χ0) is 27.1. The summed E-state index contributed by atoms with van der Waals surface area (Å²) in [6.45, 7) is 7.98. The number of anilines is 1. The maximum Gasteiger partial charge on any atom is 0.254 e. The third kappa shape index (κ3) is 6.57. The first-order chi connectivity index (χ1) is 18.4. The fourth-order valence-corrected chi connectivity index (χ4v) is 4.29. The maximum atomic E-state index is 13.3. The predicted octanol–water partition coefficient (Wildman–Crippen LogP) is 6.68. The first kappa shape index (κ1) is 26.9. The molecule has 1 heterocycles. The highest BCUT2D eigenvalue weighted by atomic mass is 16.2. The number of nitrogens with zero attached hydrogens (tertiary/aromatic N) is 3. The lowest BCUT2D eigenvalue weighted by molar-refractivity contribution is -0.117. The Morgan fingerprint density at radius 3 is 2.26 bits per heavy atom. The van der Waals surface area contributed by atoms with Crippen molar-refractivity contribution in [2.45, 2.75) is 53.0 Å². The normalized spacial score (nSPS) is 11.0. The van der Waals surface area contributed by atoms with Gasteiger partial charge in [0.15, 0.2) is 0 Å². The smallest absolute Gasteiger partial charge is 0.254 e. The van der Waals surface area contributed by atoms with E-state index in [1.165, 1.54) is 5.56 Å². The third-order valence-corrected chi connectivity index (χ3v) is 6.54. The van der Waals surface area contributed by atoms with Gasteiger partial charge in [0.05, 0.1) is 11.4 Å². The van der Waals surface area contributed by atoms with Crippen molar-refractivity contribution in [2.24, 2.45) is 0 Å². The molecule has 0 aliphatic rings. The number of aryl methyl sites for hydroxylation is 2. The van der Waals surface area contributed by atoms with Crippen molar-refractivity contribution >= 4 is 17.6 Å². The molecule has 6 heteroatoms. The number of unbranched alkanes of at least 4 members (excludes halogenated alkanes) is 1. The Bertz CT molecular complexity index is 1360.